The minimum atomic E-state index is 0.379. The molecule has 1 heterocycles. The van der Waals surface area contributed by atoms with Gasteiger partial charge in [0.1, 0.15) is 5.82 Å². The van der Waals surface area contributed by atoms with Crippen LogP contribution >= 0.6 is 0 Å². The number of rotatable bonds is 2. The molecular formula is C12H12N4. The van der Waals surface area contributed by atoms with Crippen molar-refractivity contribution < 1.29 is 0 Å². The molecule has 1 aromatic carbocycles. The molecule has 0 radical (unpaired) electrons. The predicted molar refractivity (Wildman–Crippen MR) is 64.4 cm³/mol. The number of benzene rings is 1. The molecule has 4 N–H and O–H groups in total. The van der Waals surface area contributed by atoms with Crippen molar-refractivity contribution >= 4 is 16.6 Å². The van der Waals surface area contributed by atoms with Crippen LogP contribution in [0.5, 0.6) is 0 Å². The summed E-state index contributed by atoms with van der Waals surface area (Å²) in [5.74, 6) is 0.379. The van der Waals surface area contributed by atoms with Crippen molar-refractivity contribution in [2.45, 2.75) is 6.92 Å². The van der Waals surface area contributed by atoms with Crippen molar-refractivity contribution in [3.8, 4) is 6.07 Å². The van der Waals surface area contributed by atoms with E-state index in [4.69, 9.17) is 11.0 Å². The molecule has 0 aliphatic rings. The van der Waals surface area contributed by atoms with Crippen LogP contribution in [0.4, 0.5) is 5.69 Å². The molecule has 0 bridgehead atoms. The van der Waals surface area contributed by atoms with Crippen molar-refractivity contribution in [2.75, 3.05) is 5.32 Å². The van der Waals surface area contributed by atoms with Crippen molar-refractivity contribution in [2.24, 2.45) is 5.73 Å². The molecule has 0 atom stereocenters. The molecule has 0 aliphatic carbocycles. The van der Waals surface area contributed by atoms with E-state index in [0.717, 1.165) is 16.6 Å². The van der Waals surface area contributed by atoms with Crippen LogP contribution in [-0.2, 0) is 0 Å². The van der Waals surface area contributed by atoms with Gasteiger partial charge >= 0.3 is 0 Å². The van der Waals surface area contributed by atoms with Crippen molar-refractivity contribution in [1.29, 1.82) is 5.26 Å². The highest BCUT2D eigenvalue weighted by Gasteiger charge is 2.03. The first kappa shape index (κ1) is 10.1. The van der Waals surface area contributed by atoms with E-state index in [1.165, 1.54) is 0 Å². The average Bonchev–Trinajstić information content (AvgIpc) is 2.77. The second-order valence-electron chi connectivity index (χ2n) is 3.52. The Kier molecular flexibility index (Phi) is 2.52. The van der Waals surface area contributed by atoms with Gasteiger partial charge in [0.25, 0.3) is 0 Å². The Hall–Kier alpha value is -2.41. The van der Waals surface area contributed by atoms with Gasteiger partial charge in [0.2, 0.25) is 0 Å². The third-order valence-electron chi connectivity index (χ3n) is 2.43. The number of H-pyrrole nitrogens is 1. The molecule has 0 spiro atoms. The molecule has 4 nitrogen and oxygen atoms in total. The van der Waals surface area contributed by atoms with E-state index in [2.05, 4.69) is 10.3 Å². The highest BCUT2D eigenvalue weighted by Crippen LogP contribution is 2.22. The van der Waals surface area contributed by atoms with Gasteiger partial charge in [-0.2, -0.15) is 5.26 Å². The lowest BCUT2D eigenvalue weighted by Gasteiger charge is -2.08. The summed E-state index contributed by atoms with van der Waals surface area (Å²) in [6.07, 6.45) is 1.87. The number of aromatic amines is 1. The number of nitrogens with two attached hydrogens (primary N) is 1. The van der Waals surface area contributed by atoms with Gasteiger partial charge in [-0.3, -0.25) is 0 Å². The molecule has 1 aromatic heterocycles. The normalized spacial score (nSPS) is 12.0. The number of nitriles is 1. The fourth-order valence-electron chi connectivity index (χ4n) is 1.49. The number of anilines is 1. The van der Waals surface area contributed by atoms with E-state index < -0.39 is 0 Å². The van der Waals surface area contributed by atoms with Crippen LogP contribution in [0.1, 0.15) is 6.92 Å². The lowest BCUT2D eigenvalue weighted by molar-refractivity contribution is 1.24. The molecule has 0 aliphatic heterocycles. The second-order valence-corrected chi connectivity index (χ2v) is 3.52. The van der Waals surface area contributed by atoms with Gasteiger partial charge in [-0.1, -0.05) is 12.1 Å². The molecule has 2 aromatic rings. The van der Waals surface area contributed by atoms with E-state index in [1.54, 1.807) is 6.92 Å². The molecule has 0 fully saturated rings. The van der Waals surface area contributed by atoms with Crippen molar-refractivity contribution in [3.05, 3.63) is 41.9 Å². The lowest BCUT2D eigenvalue weighted by Crippen LogP contribution is -2.11. The number of hydrogen-bond acceptors (Lipinski definition) is 3. The molecular weight excluding hydrogens is 200 g/mol. The number of hydrogen-bond donors (Lipinski definition) is 3. The number of fused-ring (bicyclic) bond motifs is 1. The number of allylic oxidation sites excluding steroid dienone is 1. The van der Waals surface area contributed by atoms with Gasteiger partial charge in [-0.15, -0.1) is 0 Å². The predicted octanol–water partition coefficient (Wildman–Crippen LogP) is 2.29. The Bertz CT molecular complexity index is 586. The molecule has 2 rings (SSSR count). The van der Waals surface area contributed by atoms with Gasteiger partial charge in [-0.05, 0) is 19.1 Å². The fraction of sp³-hybridized carbons (Fsp3) is 0.0833. The highest BCUT2D eigenvalue weighted by molar-refractivity contribution is 5.91. The second kappa shape index (κ2) is 3.99. The summed E-state index contributed by atoms with van der Waals surface area (Å²) in [4.78, 5) is 3.13. The maximum Gasteiger partial charge on any atom is 0.114 e. The molecule has 80 valence electrons. The Labute approximate surface area is 93.4 Å². The van der Waals surface area contributed by atoms with E-state index >= 15 is 0 Å². The number of aromatic nitrogens is 1. The van der Waals surface area contributed by atoms with Crippen LogP contribution in [0, 0.1) is 11.3 Å². The fourth-order valence-corrected chi connectivity index (χ4v) is 1.49. The topological polar surface area (TPSA) is 77.6 Å². The van der Waals surface area contributed by atoms with E-state index in [0.29, 0.717) is 11.4 Å². The first-order valence-corrected chi connectivity index (χ1v) is 4.92. The first-order valence-electron chi connectivity index (χ1n) is 4.92. The Balaban J connectivity index is 2.43. The van der Waals surface area contributed by atoms with Crippen LogP contribution in [0.25, 0.3) is 10.9 Å². The Morgan fingerprint density at radius 2 is 2.25 bits per heavy atom. The van der Waals surface area contributed by atoms with E-state index in [9.17, 15) is 0 Å². The van der Waals surface area contributed by atoms with Crippen LogP contribution in [0.15, 0.2) is 41.9 Å². The van der Waals surface area contributed by atoms with Gasteiger partial charge in [-0.25, -0.2) is 0 Å². The minimum absolute atomic E-state index is 0.379. The van der Waals surface area contributed by atoms with Crippen LogP contribution in [0.2, 0.25) is 0 Å². The van der Waals surface area contributed by atoms with Crippen LogP contribution in [0.3, 0.4) is 0 Å². The Morgan fingerprint density at radius 3 is 3.00 bits per heavy atom. The average molecular weight is 212 g/mol. The van der Waals surface area contributed by atoms with Gasteiger partial charge in [0.15, 0.2) is 0 Å². The lowest BCUT2D eigenvalue weighted by atomic mass is 10.2. The Morgan fingerprint density at radius 1 is 1.44 bits per heavy atom. The quantitative estimate of drug-likeness (QED) is 0.668. The number of nitrogens with zero attached hydrogens (tertiary/aromatic N) is 1. The summed E-state index contributed by atoms with van der Waals surface area (Å²) in [6.45, 7) is 1.68. The molecule has 4 heteroatoms. The maximum absolute atomic E-state index is 8.72. The SMILES string of the molecule is C/C(C#N)=C(/N)Nc1cccc2cc[nH]c12. The number of para-hydroxylation sites is 1. The standard InChI is InChI=1S/C12H12N4/c1-8(7-13)12(14)16-10-4-2-3-9-5-6-15-11(9)10/h2-6,15-16H,14H2,1H3/b12-8+. The minimum Gasteiger partial charge on any atom is -0.384 e. The molecule has 0 saturated carbocycles. The molecule has 0 unspecified atom stereocenters. The highest BCUT2D eigenvalue weighted by atomic mass is 15.0. The number of nitrogens with one attached hydrogen (secondary N) is 2. The summed E-state index contributed by atoms with van der Waals surface area (Å²) in [5, 5.41) is 12.9. The molecule has 0 amide bonds. The summed E-state index contributed by atoms with van der Waals surface area (Å²) >= 11 is 0. The van der Waals surface area contributed by atoms with E-state index in [1.807, 2.05) is 36.5 Å². The van der Waals surface area contributed by atoms with Gasteiger partial charge in [0, 0.05) is 11.6 Å². The summed E-state index contributed by atoms with van der Waals surface area (Å²) in [6, 6.07) is 9.85. The third-order valence-corrected chi connectivity index (χ3v) is 2.43. The van der Waals surface area contributed by atoms with Gasteiger partial charge in [0.05, 0.1) is 22.8 Å². The van der Waals surface area contributed by atoms with Crippen LogP contribution < -0.4 is 11.1 Å². The monoisotopic (exact) mass is 212 g/mol. The zero-order chi connectivity index (χ0) is 11.5. The van der Waals surface area contributed by atoms with E-state index in [-0.39, 0.29) is 0 Å². The zero-order valence-electron chi connectivity index (χ0n) is 8.91. The largest absolute Gasteiger partial charge is 0.384 e. The van der Waals surface area contributed by atoms with Crippen molar-refractivity contribution in [1.82, 2.24) is 4.98 Å². The summed E-state index contributed by atoms with van der Waals surface area (Å²) < 4.78 is 0. The smallest absolute Gasteiger partial charge is 0.114 e. The third kappa shape index (κ3) is 1.71. The summed E-state index contributed by atoms with van der Waals surface area (Å²) in [5.41, 5.74) is 8.08. The van der Waals surface area contributed by atoms with Crippen LogP contribution in [-0.4, -0.2) is 4.98 Å². The van der Waals surface area contributed by atoms with Gasteiger partial charge < -0.3 is 16.0 Å². The van der Waals surface area contributed by atoms with Crippen molar-refractivity contribution in [3.63, 3.8) is 0 Å². The zero-order valence-corrected chi connectivity index (χ0v) is 8.91. The maximum atomic E-state index is 8.72. The first-order chi connectivity index (χ1) is 7.72. The summed E-state index contributed by atoms with van der Waals surface area (Å²) in [7, 11) is 0. The molecule has 0 saturated heterocycles. The molecule has 16 heavy (non-hydrogen) atoms.